The van der Waals surface area contributed by atoms with E-state index in [-0.39, 0.29) is 5.78 Å². The second-order valence-corrected chi connectivity index (χ2v) is 3.39. The predicted octanol–water partition coefficient (Wildman–Crippen LogP) is 1.54. The summed E-state index contributed by atoms with van der Waals surface area (Å²) in [4.78, 5) is 15.7. The van der Waals surface area contributed by atoms with Crippen molar-refractivity contribution in [1.82, 2.24) is 0 Å². The fourth-order valence-electron chi connectivity index (χ4n) is 1.05. The average Bonchev–Trinajstić information content (AvgIpc) is 2.17. The quantitative estimate of drug-likeness (QED) is 0.439. The van der Waals surface area contributed by atoms with Gasteiger partial charge in [-0.3, -0.25) is 9.79 Å². The molecular formula is C9H13NO2. The van der Waals surface area contributed by atoms with Gasteiger partial charge in [-0.05, 0) is 20.8 Å². The van der Waals surface area contributed by atoms with Crippen LogP contribution in [0.5, 0.6) is 0 Å². The Hall–Kier alpha value is -1.12. The molecule has 3 heteroatoms. The number of Topliss-reactive ketones (excluding diaryl/α,β-unsaturated/α-hetero) is 1. The Morgan fingerprint density at radius 2 is 2.08 bits per heavy atom. The number of carbonyl (C=O) groups is 1. The number of carbonyl (C=O) groups excluding carboxylic acids is 1. The monoisotopic (exact) mass is 167 g/mol. The maximum Gasteiger partial charge on any atom is 0.195 e. The number of ether oxygens (including phenoxy) is 1. The summed E-state index contributed by atoms with van der Waals surface area (Å²) in [6.07, 6.45) is 1.39. The fraction of sp³-hybridized carbons (Fsp3) is 0.556. The van der Waals surface area contributed by atoms with Crippen LogP contribution in [0, 0.1) is 5.41 Å². The number of nitrogens with zero attached hydrogens (tertiary/aromatic N) is 1. The first-order valence-corrected chi connectivity index (χ1v) is 3.83. The number of methoxy groups -OCH3 is 1. The van der Waals surface area contributed by atoms with Gasteiger partial charge in [0, 0.05) is 5.71 Å². The van der Waals surface area contributed by atoms with E-state index < -0.39 is 5.41 Å². The Kier molecular flexibility index (Phi) is 2.04. The van der Waals surface area contributed by atoms with E-state index in [0.717, 1.165) is 5.71 Å². The summed E-state index contributed by atoms with van der Waals surface area (Å²) < 4.78 is 4.75. The first-order chi connectivity index (χ1) is 5.50. The lowest BCUT2D eigenvalue weighted by atomic mass is 9.85. The maximum atomic E-state index is 11.6. The molecule has 0 aliphatic carbocycles. The lowest BCUT2D eigenvalue weighted by molar-refractivity contribution is -0.119. The van der Waals surface area contributed by atoms with Gasteiger partial charge in [0.2, 0.25) is 0 Å². The highest BCUT2D eigenvalue weighted by atomic mass is 16.5. The molecule has 12 heavy (non-hydrogen) atoms. The zero-order valence-electron chi connectivity index (χ0n) is 7.84. The molecule has 0 bridgehead atoms. The molecule has 1 aliphatic heterocycles. The van der Waals surface area contributed by atoms with Crippen LogP contribution in [0.4, 0.5) is 0 Å². The second kappa shape index (κ2) is 2.73. The normalized spacial score (nSPS) is 24.5. The van der Waals surface area contributed by atoms with Crippen molar-refractivity contribution in [2.24, 2.45) is 10.4 Å². The van der Waals surface area contributed by atoms with Crippen molar-refractivity contribution < 1.29 is 9.53 Å². The highest BCUT2D eigenvalue weighted by Crippen LogP contribution is 2.30. The van der Waals surface area contributed by atoms with Crippen LogP contribution < -0.4 is 0 Å². The zero-order chi connectivity index (χ0) is 9.35. The standard InChI is InChI=1S/C9H13NO2/c1-6-9(2,3)8(11)7(10-6)5-12-4/h5H,1-4H3/b7-5+. The summed E-state index contributed by atoms with van der Waals surface area (Å²) in [6, 6.07) is 0. The smallest absolute Gasteiger partial charge is 0.195 e. The fourth-order valence-corrected chi connectivity index (χ4v) is 1.05. The first-order valence-electron chi connectivity index (χ1n) is 3.83. The Labute approximate surface area is 72.1 Å². The van der Waals surface area contributed by atoms with Gasteiger partial charge in [-0.15, -0.1) is 0 Å². The van der Waals surface area contributed by atoms with Gasteiger partial charge in [-0.1, -0.05) is 0 Å². The van der Waals surface area contributed by atoms with E-state index in [1.54, 1.807) is 0 Å². The Morgan fingerprint density at radius 1 is 1.50 bits per heavy atom. The molecule has 0 atom stereocenters. The lowest BCUT2D eigenvalue weighted by Gasteiger charge is -2.14. The number of hydrogen-bond acceptors (Lipinski definition) is 3. The number of rotatable bonds is 1. The van der Waals surface area contributed by atoms with Crippen molar-refractivity contribution in [2.45, 2.75) is 20.8 Å². The van der Waals surface area contributed by atoms with Crippen LogP contribution in [0.15, 0.2) is 17.0 Å². The first kappa shape index (κ1) is 8.97. The summed E-state index contributed by atoms with van der Waals surface area (Å²) in [5.74, 6) is 0.0295. The molecule has 66 valence electrons. The van der Waals surface area contributed by atoms with Crippen LogP contribution in [-0.4, -0.2) is 18.6 Å². The Balaban J connectivity index is 3.04. The molecule has 1 aliphatic rings. The molecule has 0 saturated carbocycles. The van der Waals surface area contributed by atoms with Crippen LogP contribution in [-0.2, 0) is 9.53 Å². The highest BCUT2D eigenvalue weighted by Gasteiger charge is 2.38. The lowest BCUT2D eigenvalue weighted by Crippen LogP contribution is -2.26. The minimum atomic E-state index is -0.454. The van der Waals surface area contributed by atoms with Crippen LogP contribution in [0.3, 0.4) is 0 Å². The molecule has 0 spiro atoms. The third-order valence-corrected chi connectivity index (χ3v) is 2.22. The van der Waals surface area contributed by atoms with E-state index in [1.807, 2.05) is 20.8 Å². The van der Waals surface area contributed by atoms with Crippen molar-refractivity contribution in [3.8, 4) is 0 Å². The summed E-state index contributed by atoms with van der Waals surface area (Å²) in [7, 11) is 1.51. The van der Waals surface area contributed by atoms with Crippen LogP contribution >= 0.6 is 0 Å². The van der Waals surface area contributed by atoms with Gasteiger partial charge < -0.3 is 4.74 Å². The molecule has 3 nitrogen and oxygen atoms in total. The van der Waals surface area contributed by atoms with Crippen molar-refractivity contribution in [2.75, 3.05) is 7.11 Å². The minimum Gasteiger partial charge on any atom is -0.502 e. The van der Waals surface area contributed by atoms with Crippen LogP contribution in [0.2, 0.25) is 0 Å². The van der Waals surface area contributed by atoms with Gasteiger partial charge in [-0.25, -0.2) is 0 Å². The zero-order valence-corrected chi connectivity index (χ0v) is 7.84. The molecule has 1 heterocycles. The SMILES string of the molecule is CO/C=C1/N=C(C)C(C)(C)C1=O. The van der Waals surface area contributed by atoms with Gasteiger partial charge in [0.05, 0.1) is 12.5 Å². The van der Waals surface area contributed by atoms with Gasteiger partial charge in [-0.2, -0.15) is 0 Å². The van der Waals surface area contributed by atoms with E-state index in [2.05, 4.69) is 4.99 Å². The van der Waals surface area contributed by atoms with E-state index in [0.29, 0.717) is 5.70 Å². The van der Waals surface area contributed by atoms with Crippen LogP contribution in [0.25, 0.3) is 0 Å². The topological polar surface area (TPSA) is 38.7 Å². The third-order valence-electron chi connectivity index (χ3n) is 2.22. The largest absolute Gasteiger partial charge is 0.502 e. The third kappa shape index (κ3) is 1.15. The summed E-state index contributed by atoms with van der Waals surface area (Å²) >= 11 is 0. The number of aliphatic imine (C=N–C) groups is 1. The van der Waals surface area contributed by atoms with E-state index in [1.165, 1.54) is 13.4 Å². The van der Waals surface area contributed by atoms with Crippen molar-refractivity contribution >= 4 is 11.5 Å². The van der Waals surface area contributed by atoms with Gasteiger partial charge in [0.1, 0.15) is 12.0 Å². The van der Waals surface area contributed by atoms with Gasteiger partial charge in [0.25, 0.3) is 0 Å². The second-order valence-electron chi connectivity index (χ2n) is 3.39. The molecule has 1 rings (SSSR count). The molecule has 0 saturated heterocycles. The van der Waals surface area contributed by atoms with Crippen molar-refractivity contribution in [1.29, 1.82) is 0 Å². The molecule has 0 aromatic heterocycles. The average molecular weight is 167 g/mol. The van der Waals surface area contributed by atoms with E-state index >= 15 is 0 Å². The Bertz CT molecular complexity index is 274. The molecule has 0 unspecified atom stereocenters. The minimum absolute atomic E-state index is 0.0295. The summed E-state index contributed by atoms with van der Waals surface area (Å²) in [5.41, 5.74) is 0.806. The molecular weight excluding hydrogens is 154 g/mol. The van der Waals surface area contributed by atoms with Crippen molar-refractivity contribution in [3.05, 3.63) is 12.0 Å². The molecule has 0 N–H and O–H groups in total. The number of hydrogen-bond donors (Lipinski definition) is 0. The number of allylic oxidation sites excluding steroid dienone is 1. The molecule has 0 fully saturated rings. The van der Waals surface area contributed by atoms with Crippen molar-refractivity contribution in [3.63, 3.8) is 0 Å². The van der Waals surface area contributed by atoms with Gasteiger partial charge in [0.15, 0.2) is 5.78 Å². The summed E-state index contributed by atoms with van der Waals surface area (Å²) in [5, 5.41) is 0. The summed E-state index contributed by atoms with van der Waals surface area (Å²) in [6.45, 7) is 5.59. The molecule has 0 radical (unpaired) electrons. The van der Waals surface area contributed by atoms with Crippen LogP contribution in [0.1, 0.15) is 20.8 Å². The molecule has 0 amide bonds. The Morgan fingerprint density at radius 3 is 2.42 bits per heavy atom. The maximum absolute atomic E-state index is 11.6. The molecule has 0 aromatic carbocycles. The van der Waals surface area contributed by atoms with E-state index in [4.69, 9.17) is 4.74 Å². The number of ketones is 1. The highest BCUT2D eigenvalue weighted by molar-refractivity contribution is 6.20. The van der Waals surface area contributed by atoms with Gasteiger partial charge >= 0.3 is 0 Å². The predicted molar refractivity (Wildman–Crippen MR) is 47.0 cm³/mol. The molecule has 0 aromatic rings. The van der Waals surface area contributed by atoms with E-state index in [9.17, 15) is 4.79 Å².